The minimum atomic E-state index is -1.82. The predicted octanol–water partition coefficient (Wildman–Crippen LogP) is -0.914. The average Bonchev–Trinajstić information content (AvgIpc) is 2.21. The Kier molecular flexibility index (Phi) is 1.64. The van der Waals surface area contributed by atoms with Crippen LogP contribution in [0.5, 0.6) is 0 Å². The summed E-state index contributed by atoms with van der Waals surface area (Å²) in [5.41, 5.74) is 0. The normalized spacial score (nSPS) is 42.0. The Morgan fingerprint density at radius 3 is 1.91 bits per heavy atom. The minimum absolute atomic E-state index is 0.249. The molecule has 0 amide bonds. The van der Waals surface area contributed by atoms with Crippen molar-refractivity contribution in [3.63, 3.8) is 0 Å². The van der Waals surface area contributed by atoms with Gasteiger partial charge >= 0.3 is 0 Å². The van der Waals surface area contributed by atoms with Crippen molar-refractivity contribution in [2.75, 3.05) is 0 Å². The molecule has 2 rings (SSSR count). The highest BCUT2D eigenvalue weighted by Gasteiger charge is 2.42. The molecule has 1 saturated carbocycles. The number of hydrogen-bond donors (Lipinski definition) is 4. The van der Waals surface area contributed by atoms with E-state index in [0.717, 1.165) is 12.8 Å². The van der Waals surface area contributed by atoms with Crippen LogP contribution in [0.4, 0.5) is 0 Å². The van der Waals surface area contributed by atoms with Crippen molar-refractivity contribution in [1.29, 1.82) is 0 Å². The molecule has 4 heteroatoms. The summed E-state index contributed by atoms with van der Waals surface area (Å²) in [4.78, 5) is 0. The second-order valence-corrected chi connectivity index (χ2v) is 3.46. The maximum Gasteiger partial charge on any atom is 0.287 e. The van der Waals surface area contributed by atoms with Gasteiger partial charge in [-0.1, -0.05) is 12.8 Å². The van der Waals surface area contributed by atoms with Gasteiger partial charge in [0.25, 0.3) is 6.03 Å². The van der Waals surface area contributed by atoms with Gasteiger partial charge < -0.3 is 10.2 Å². The molecule has 0 bridgehead atoms. The van der Waals surface area contributed by atoms with Crippen LogP contribution in [0, 0.1) is 0 Å². The molecular weight excluding hydrogens is 144 g/mol. The fourth-order valence-electron chi connectivity index (χ4n) is 2.04. The number of nitrogens with one attached hydrogen (secondary N) is 2. The van der Waals surface area contributed by atoms with Crippen LogP contribution in [0.15, 0.2) is 0 Å². The van der Waals surface area contributed by atoms with Crippen LogP contribution in [0.25, 0.3) is 0 Å². The van der Waals surface area contributed by atoms with E-state index in [9.17, 15) is 0 Å². The van der Waals surface area contributed by atoms with Gasteiger partial charge in [0.1, 0.15) is 0 Å². The van der Waals surface area contributed by atoms with E-state index in [1.807, 2.05) is 0 Å². The molecule has 2 unspecified atom stereocenters. The Balaban J connectivity index is 2.03. The summed E-state index contributed by atoms with van der Waals surface area (Å²) in [5, 5.41) is 23.8. The molecule has 0 radical (unpaired) electrons. The highest BCUT2D eigenvalue weighted by molar-refractivity contribution is 4.94. The number of rotatable bonds is 0. The third-order valence-corrected chi connectivity index (χ3v) is 2.54. The van der Waals surface area contributed by atoms with E-state index in [1.165, 1.54) is 12.8 Å². The van der Waals surface area contributed by atoms with E-state index in [0.29, 0.717) is 0 Å². The molecule has 11 heavy (non-hydrogen) atoms. The highest BCUT2D eigenvalue weighted by atomic mass is 16.6. The highest BCUT2D eigenvalue weighted by Crippen LogP contribution is 2.24. The minimum Gasteiger partial charge on any atom is -0.341 e. The monoisotopic (exact) mass is 158 g/mol. The molecule has 0 aromatic carbocycles. The van der Waals surface area contributed by atoms with Crippen molar-refractivity contribution in [3.05, 3.63) is 0 Å². The maximum atomic E-state index is 9.16. The molecule has 1 saturated heterocycles. The molecule has 4 nitrogen and oxygen atoms in total. The van der Waals surface area contributed by atoms with Gasteiger partial charge in [-0.2, -0.15) is 0 Å². The molecule has 2 fully saturated rings. The summed E-state index contributed by atoms with van der Waals surface area (Å²) < 4.78 is 0. The van der Waals surface area contributed by atoms with Gasteiger partial charge in [-0.25, -0.2) is 10.6 Å². The van der Waals surface area contributed by atoms with E-state index in [-0.39, 0.29) is 12.1 Å². The van der Waals surface area contributed by atoms with Gasteiger partial charge in [0, 0.05) is 12.1 Å². The lowest BCUT2D eigenvalue weighted by atomic mass is 9.92. The first-order valence-corrected chi connectivity index (χ1v) is 4.17. The Labute approximate surface area is 65.6 Å². The maximum absolute atomic E-state index is 9.16. The Morgan fingerprint density at radius 2 is 1.45 bits per heavy atom. The lowest BCUT2D eigenvalue weighted by Crippen LogP contribution is -2.50. The van der Waals surface area contributed by atoms with Gasteiger partial charge in [-0.15, -0.1) is 0 Å². The molecule has 4 N–H and O–H groups in total. The molecule has 0 spiro atoms. The zero-order valence-electron chi connectivity index (χ0n) is 6.38. The summed E-state index contributed by atoms with van der Waals surface area (Å²) in [6, 6.07) is -1.32. The van der Waals surface area contributed by atoms with Gasteiger partial charge in [0.2, 0.25) is 0 Å². The number of fused-ring (bicyclic) bond motifs is 1. The standard InChI is InChI=1S/C7H14N2O2/c10-7(11)8-5-3-1-2-4-6(5)9-7/h5-6,8-11H,1-4H2. The fourth-order valence-corrected chi connectivity index (χ4v) is 2.04. The SMILES string of the molecule is OC1(O)NC2CCCCC2N1. The molecule has 1 aliphatic carbocycles. The van der Waals surface area contributed by atoms with Crippen molar-refractivity contribution in [2.24, 2.45) is 0 Å². The van der Waals surface area contributed by atoms with Gasteiger partial charge in [-0.3, -0.25) is 0 Å². The quantitative estimate of drug-likeness (QED) is 0.344. The second kappa shape index (κ2) is 2.42. The molecule has 0 aromatic rings. The predicted molar refractivity (Wildman–Crippen MR) is 39.5 cm³/mol. The number of hydrogen-bond acceptors (Lipinski definition) is 4. The fraction of sp³-hybridized carbons (Fsp3) is 1.00. The summed E-state index contributed by atoms with van der Waals surface area (Å²) in [6.45, 7) is 0. The van der Waals surface area contributed by atoms with E-state index in [4.69, 9.17) is 10.2 Å². The van der Waals surface area contributed by atoms with Crippen LogP contribution in [0.3, 0.4) is 0 Å². The molecule has 2 atom stereocenters. The van der Waals surface area contributed by atoms with Crippen molar-refractivity contribution in [3.8, 4) is 0 Å². The van der Waals surface area contributed by atoms with E-state index in [2.05, 4.69) is 10.6 Å². The van der Waals surface area contributed by atoms with Crippen molar-refractivity contribution >= 4 is 0 Å². The second-order valence-electron chi connectivity index (χ2n) is 3.46. The third kappa shape index (κ3) is 1.39. The molecular formula is C7H14N2O2. The lowest BCUT2D eigenvalue weighted by molar-refractivity contribution is -0.192. The van der Waals surface area contributed by atoms with E-state index >= 15 is 0 Å². The molecule has 0 aromatic heterocycles. The van der Waals surface area contributed by atoms with E-state index in [1.54, 1.807) is 0 Å². The number of aliphatic hydroxyl groups is 2. The summed E-state index contributed by atoms with van der Waals surface area (Å²) >= 11 is 0. The van der Waals surface area contributed by atoms with Crippen LogP contribution in [0.2, 0.25) is 0 Å². The Hall–Kier alpha value is -0.160. The molecule has 1 heterocycles. The largest absolute Gasteiger partial charge is 0.341 e. The van der Waals surface area contributed by atoms with Gasteiger partial charge in [0.15, 0.2) is 0 Å². The van der Waals surface area contributed by atoms with Gasteiger partial charge in [-0.05, 0) is 12.8 Å². The zero-order valence-corrected chi connectivity index (χ0v) is 6.38. The summed E-state index contributed by atoms with van der Waals surface area (Å²) in [5.74, 6) is 0. The van der Waals surface area contributed by atoms with Crippen LogP contribution in [-0.4, -0.2) is 28.3 Å². The molecule has 1 aliphatic heterocycles. The van der Waals surface area contributed by atoms with Crippen LogP contribution >= 0.6 is 0 Å². The molecule has 2 aliphatic rings. The van der Waals surface area contributed by atoms with Crippen molar-refractivity contribution in [2.45, 2.75) is 43.8 Å². The molecule has 64 valence electrons. The first kappa shape index (κ1) is 7.49. The van der Waals surface area contributed by atoms with Crippen LogP contribution < -0.4 is 10.6 Å². The smallest absolute Gasteiger partial charge is 0.287 e. The lowest BCUT2D eigenvalue weighted by Gasteiger charge is -2.22. The first-order chi connectivity index (χ1) is 5.17. The van der Waals surface area contributed by atoms with E-state index < -0.39 is 6.03 Å². The Bertz CT molecular complexity index is 145. The van der Waals surface area contributed by atoms with Crippen LogP contribution in [0.1, 0.15) is 25.7 Å². The third-order valence-electron chi connectivity index (χ3n) is 2.54. The summed E-state index contributed by atoms with van der Waals surface area (Å²) in [6.07, 6.45) is 4.46. The first-order valence-electron chi connectivity index (χ1n) is 4.17. The Morgan fingerprint density at radius 1 is 1.00 bits per heavy atom. The van der Waals surface area contributed by atoms with Crippen LogP contribution in [-0.2, 0) is 0 Å². The topological polar surface area (TPSA) is 64.5 Å². The van der Waals surface area contributed by atoms with Crippen molar-refractivity contribution in [1.82, 2.24) is 10.6 Å². The average molecular weight is 158 g/mol. The zero-order chi connectivity index (χ0) is 7.90. The summed E-state index contributed by atoms with van der Waals surface area (Å²) in [7, 11) is 0. The van der Waals surface area contributed by atoms with Crippen molar-refractivity contribution < 1.29 is 10.2 Å². The van der Waals surface area contributed by atoms with Gasteiger partial charge in [0.05, 0.1) is 0 Å².